The summed E-state index contributed by atoms with van der Waals surface area (Å²) in [6, 6.07) is 7.97. The maximum Gasteiger partial charge on any atom is 0.127 e. The lowest BCUT2D eigenvalue weighted by atomic mass is 10.1. The number of ether oxygens (including phenoxy) is 1. The van der Waals surface area contributed by atoms with Crippen LogP contribution in [-0.4, -0.2) is 11.7 Å². The molecule has 0 saturated heterocycles. The summed E-state index contributed by atoms with van der Waals surface area (Å²) in [5, 5.41) is 18.0. The van der Waals surface area contributed by atoms with Crippen molar-refractivity contribution in [2.24, 2.45) is 5.41 Å². The molecule has 0 aliphatic heterocycles. The largest absolute Gasteiger partial charge is 0.492 e. The van der Waals surface area contributed by atoms with Crippen molar-refractivity contribution in [3.05, 3.63) is 29.3 Å². The fourth-order valence-corrected chi connectivity index (χ4v) is 1.99. The van der Waals surface area contributed by atoms with Crippen LogP contribution in [0.2, 0.25) is 0 Å². The van der Waals surface area contributed by atoms with E-state index in [4.69, 9.17) is 10.00 Å². The van der Waals surface area contributed by atoms with Crippen molar-refractivity contribution in [2.75, 3.05) is 6.61 Å². The van der Waals surface area contributed by atoms with E-state index in [1.165, 1.54) is 0 Å². The molecule has 90 valence electrons. The van der Waals surface area contributed by atoms with Crippen molar-refractivity contribution < 1.29 is 9.84 Å². The highest BCUT2D eigenvalue weighted by atomic mass is 16.5. The van der Waals surface area contributed by atoms with Gasteiger partial charge in [-0.15, -0.1) is 0 Å². The molecule has 1 saturated carbocycles. The molecule has 0 amide bonds. The Kier molecular flexibility index (Phi) is 3.35. The standard InChI is InChI=1S/C14H17NO2/c1-11-3-2-4-12(9-16)13(11)17-10-14(5-6-14)7-8-15/h2-4,16H,5-7,9-10H2,1H3. The molecule has 3 heteroatoms. The molecule has 1 fully saturated rings. The Morgan fingerprint density at radius 3 is 2.82 bits per heavy atom. The summed E-state index contributed by atoms with van der Waals surface area (Å²) < 4.78 is 5.83. The molecule has 0 heterocycles. The Morgan fingerprint density at radius 2 is 2.24 bits per heavy atom. The van der Waals surface area contributed by atoms with Crippen LogP contribution in [-0.2, 0) is 6.61 Å². The van der Waals surface area contributed by atoms with Crippen LogP contribution in [0.5, 0.6) is 5.75 Å². The van der Waals surface area contributed by atoms with E-state index in [0.717, 1.165) is 29.7 Å². The Balaban J connectivity index is 2.07. The Labute approximate surface area is 102 Å². The lowest BCUT2D eigenvalue weighted by Crippen LogP contribution is -2.13. The quantitative estimate of drug-likeness (QED) is 0.847. The molecule has 0 bridgehead atoms. The summed E-state index contributed by atoms with van der Waals surface area (Å²) in [7, 11) is 0. The number of hydrogen-bond donors (Lipinski definition) is 1. The van der Waals surface area contributed by atoms with Gasteiger partial charge in [0.15, 0.2) is 0 Å². The minimum atomic E-state index is -0.0116. The van der Waals surface area contributed by atoms with Crippen LogP contribution in [0.3, 0.4) is 0 Å². The molecule has 1 aromatic rings. The maximum absolute atomic E-state index is 9.26. The summed E-state index contributed by atoms with van der Waals surface area (Å²) >= 11 is 0. The molecule has 2 rings (SSSR count). The summed E-state index contributed by atoms with van der Waals surface area (Å²) in [5.74, 6) is 0.777. The van der Waals surface area contributed by atoms with Crippen LogP contribution in [0.1, 0.15) is 30.4 Å². The van der Waals surface area contributed by atoms with Gasteiger partial charge in [0.05, 0.1) is 19.3 Å². The first-order valence-corrected chi connectivity index (χ1v) is 5.90. The zero-order chi connectivity index (χ0) is 12.3. The average molecular weight is 231 g/mol. The summed E-state index contributed by atoms with van der Waals surface area (Å²) in [6.07, 6.45) is 2.70. The minimum Gasteiger partial charge on any atom is -0.492 e. The van der Waals surface area contributed by atoms with E-state index in [9.17, 15) is 5.11 Å². The van der Waals surface area contributed by atoms with Gasteiger partial charge in [-0.05, 0) is 25.3 Å². The number of hydrogen-bond acceptors (Lipinski definition) is 3. The van der Waals surface area contributed by atoms with Gasteiger partial charge in [0.2, 0.25) is 0 Å². The molecule has 0 atom stereocenters. The molecule has 1 aromatic carbocycles. The van der Waals surface area contributed by atoms with Crippen molar-refractivity contribution in [1.29, 1.82) is 5.26 Å². The van der Waals surface area contributed by atoms with Crippen LogP contribution in [0.25, 0.3) is 0 Å². The third-order valence-electron chi connectivity index (χ3n) is 3.40. The number of rotatable bonds is 5. The fraction of sp³-hybridized carbons (Fsp3) is 0.500. The lowest BCUT2D eigenvalue weighted by Gasteiger charge is -2.16. The highest BCUT2D eigenvalue weighted by molar-refractivity contribution is 5.40. The molecular formula is C14H17NO2. The van der Waals surface area contributed by atoms with E-state index < -0.39 is 0 Å². The highest BCUT2D eigenvalue weighted by Gasteiger charge is 2.43. The molecule has 0 unspecified atom stereocenters. The average Bonchev–Trinajstić information content (AvgIpc) is 3.08. The monoisotopic (exact) mass is 231 g/mol. The van der Waals surface area contributed by atoms with E-state index in [1.807, 2.05) is 25.1 Å². The first-order valence-electron chi connectivity index (χ1n) is 5.90. The van der Waals surface area contributed by atoms with E-state index in [2.05, 4.69) is 6.07 Å². The Morgan fingerprint density at radius 1 is 1.47 bits per heavy atom. The van der Waals surface area contributed by atoms with Gasteiger partial charge >= 0.3 is 0 Å². The molecule has 3 nitrogen and oxygen atoms in total. The summed E-state index contributed by atoms with van der Waals surface area (Å²) in [6.45, 7) is 2.54. The zero-order valence-electron chi connectivity index (χ0n) is 10.1. The van der Waals surface area contributed by atoms with Gasteiger partial charge < -0.3 is 9.84 Å². The van der Waals surface area contributed by atoms with Crippen LogP contribution in [0, 0.1) is 23.7 Å². The number of benzene rings is 1. The van der Waals surface area contributed by atoms with Gasteiger partial charge in [-0.2, -0.15) is 5.26 Å². The predicted octanol–water partition coefficient (Wildman–Crippen LogP) is 2.56. The smallest absolute Gasteiger partial charge is 0.127 e. The van der Waals surface area contributed by atoms with Gasteiger partial charge in [0.25, 0.3) is 0 Å². The van der Waals surface area contributed by atoms with Gasteiger partial charge in [-0.1, -0.05) is 18.2 Å². The third-order valence-corrected chi connectivity index (χ3v) is 3.40. The van der Waals surface area contributed by atoms with E-state index in [1.54, 1.807) is 0 Å². The molecule has 0 aromatic heterocycles. The van der Waals surface area contributed by atoms with Crippen molar-refractivity contribution in [3.63, 3.8) is 0 Å². The molecule has 0 spiro atoms. The van der Waals surface area contributed by atoms with Crippen molar-refractivity contribution in [2.45, 2.75) is 32.8 Å². The number of aliphatic hydroxyl groups excluding tert-OH is 1. The fourth-order valence-electron chi connectivity index (χ4n) is 1.99. The number of para-hydroxylation sites is 1. The number of aryl methyl sites for hydroxylation is 1. The highest BCUT2D eigenvalue weighted by Crippen LogP contribution is 2.49. The SMILES string of the molecule is Cc1cccc(CO)c1OCC1(CC#N)CC1. The normalized spacial score (nSPS) is 16.3. The first kappa shape index (κ1) is 11.9. The van der Waals surface area contributed by atoms with E-state index >= 15 is 0 Å². The number of nitriles is 1. The third kappa shape index (κ3) is 2.59. The maximum atomic E-state index is 9.26. The molecular weight excluding hydrogens is 214 g/mol. The van der Waals surface area contributed by atoms with Crippen molar-refractivity contribution >= 4 is 0 Å². The van der Waals surface area contributed by atoms with Crippen LogP contribution in [0.15, 0.2) is 18.2 Å². The predicted molar refractivity (Wildman–Crippen MR) is 64.5 cm³/mol. The Bertz CT molecular complexity index is 444. The number of nitrogens with zero attached hydrogens (tertiary/aromatic N) is 1. The van der Waals surface area contributed by atoms with Crippen molar-refractivity contribution in [3.8, 4) is 11.8 Å². The van der Waals surface area contributed by atoms with Crippen molar-refractivity contribution in [1.82, 2.24) is 0 Å². The second-order valence-corrected chi connectivity index (χ2v) is 4.84. The molecule has 1 aliphatic carbocycles. The minimum absolute atomic E-state index is 0.0116. The van der Waals surface area contributed by atoms with Gasteiger partial charge in [-0.25, -0.2) is 0 Å². The summed E-state index contributed by atoms with van der Waals surface area (Å²) in [5.41, 5.74) is 1.92. The lowest BCUT2D eigenvalue weighted by molar-refractivity contribution is 0.222. The van der Waals surface area contributed by atoms with Crippen LogP contribution < -0.4 is 4.74 Å². The molecule has 0 radical (unpaired) electrons. The second-order valence-electron chi connectivity index (χ2n) is 4.84. The first-order chi connectivity index (χ1) is 8.21. The van der Waals surface area contributed by atoms with Crippen LogP contribution in [0.4, 0.5) is 0 Å². The zero-order valence-corrected chi connectivity index (χ0v) is 10.1. The van der Waals surface area contributed by atoms with Gasteiger partial charge in [-0.3, -0.25) is 0 Å². The topological polar surface area (TPSA) is 53.2 Å². The summed E-state index contributed by atoms with van der Waals surface area (Å²) in [4.78, 5) is 0. The van der Waals surface area contributed by atoms with E-state index in [0.29, 0.717) is 13.0 Å². The van der Waals surface area contributed by atoms with Crippen LogP contribution >= 0.6 is 0 Å². The molecule has 1 aliphatic rings. The number of aliphatic hydroxyl groups is 1. The second kappa shape index (κ2) is 4.77. The molecule has 1 N–H and O–H groups in total. The van der Waals surface area contributed by atoms with E-state index in [-0.39, 0.29) is 12.0 Å². The van der Waals surface area contributed by atoms with Gasteiger partial charge in [0.1, 0.15) is 5.75 Å². The molecule has 17 heavy (non-hydrogen) atoms. The van der Waals surface area contributed by atoms with Gasteiger partial charge in [0, 0.05) is 17.4 Å². The Hall–Kier alpha value is -1.53.